The van der Waals surface area contributed by atoms with Gasteiger partial charge in [0.25, 0.3) is 15.9 Å². The van der Waals surface area contributed by atoms with Gasteiger partial charge in [-0.15, -0.1) is 0 Å². The molecule has 0 bridgehead atoms. The standard InChI is InChI=1S/C21H26N2O4S/c1-15(2)14-22-21(24)16(3)27-18-8-10-19(11-9-18)28(25,26)23-13-12-17-6-4-5-7-20(17)23/h4-11,15-16H,12-14H2,1-3H3,(H,22,24)/t16-/m1/s1. The molecule has 7 heteroatoms. The van der Waals surface area contributed by atoms with Crippen molar-refractivity contribution < 1.29 is 17.9 Å². The van der Waals surface area contributed by atoms with Crippen LogP contribution in [0.5, 0.6) is 5.75 Å². The van der Waals surface area contributed by atoms with Gasteiger partial charge in [0.15, 0.2) is 6.10 Å². The first-order valence-electron chi connectivity index (χ1n) is 9.44. The number of hydrogen-bond acceptors (Lipinski definition) is 4. The van der Waals surface area contributed by atoms with Gasteiger partial charge in [-0.25, -0.2) is 8.42 Å². The van der Waals surface area contributed by atoms with E-state index in [2.05, 4.69) is 5.32 Å². The molecule has 1 aliphatic heterocycles. The zero-order valence-corrected chi connectivity index (χ0v) is 17.2. The van der Waals surface area contributed by atoms with Crippen LogP contribution in [0.4, 0.5) is 5.69 Å². The molecular formula is C21H26N2O4S. The van der Waals surface area contributed by atoms with Gasteiger partial charge < -0.3 is 10.1 Å². The van der Waals surface area contributed by atoms with E-state index >= 15 is 0 Å². The average Bonchev–Trinajstić information content (AvgIpc) is 3.11. The van der Waals surface area contributed by atoms with Crippen molar-refractivity contribution in [2.24, 2.45) is 5.92 Å². The third-order valence-corrected chi connectivity index (χ3v) is 6.45. The van der Waals surface area contributed by atoms with Gasteiger partial charge in [-0.2, -0.15) is 0 Å². The van der Waals surface area contributed by atoms with E-state index in [4.69, 9.17) is 4.74 Å². The summed E-state index contributed by atoms with van der Waals surface area (Å²) < 4.78 is 33.1. The van der Waals surface area contributed by atoms with Gasteiger partial charge in [0.2, 0.25) is 0 Å². The third-order valence-electron chi connectivity index (χ3n) is 4.62. The van der Waals surface area contributed by atoms with Crippen LogP contribution in [0.15, 0.2) is 53.4 Å². The quantitative estimate of drug-likeness (QED) is 0.773. The van der Waals surface area contributed by atoms with E-state index in [-0.39, 0.29) is 10.8 Å². The van der Waals surface area contributed by atoms with Crippen molar-refractivity contribution in [2.45, 2.75) is 38.2 Å². The first kappa shape index (κ1) is 20.2. The Kier molecular flexibility index (Phi) is 5.93. The van der Waals surface area contributed by atoms with E-state index in [1.165, 1.54) is 16.4 Å². The minimum absolute atomic E-state index is 0.195. The molecule has 0 fully saturated rings. The number of carbonyl (C=O) groups excluding carboxylic acids is 1. The number of sulfonamides is 1. The summed E-state index contributed by atoms with van der Waals surface area (Å²) in [7, 11) is -3.63. The summed E-state index contributed by atoms with van der Waals surface area (Å²) in [6, 6.07) is 13.7. The molecule has 0 aliphatic carbocycles. The molecule has 2 aromatic rings. The highest BCUT2D eigenvalue weighted by molar-refractivity contribution is 7.92. The maximum atomic E-state index is 13.0. The molecule has 6 nitrogen and oxygen atoms in total. The number of hydrogen-bond donors (Lipinski definition) is 1. The van der Waals surface area contributed by atoms with Gasteiger partial charge in [-0.3, -0.25) is 9.10 Å². The molecule has 0 saturated heterocycles. The Hall–Kier alpha value is -2.54. The zero-order valence-electron chi connectivity index (χ0n) is 16.4. The summed E-state index contributed by atoms with van der Waals surface area (Å²) in [5.74, 6) is 0.614. The number of nitrogens with one attached hydrogen (secondary N) is 1. The molecular weight excluding hydrogens is 376 g/mol. The molecule has 1 N–H and O–H groups in total. The van der Waals surface area contributed by atoms with Gasteiger partial charge in [0, 0.05) is 13.1 Å². The second-order valence-corrected chi connectivity index (χ2v) is 9.19. The maximum Gasteiger partial charge on any atom is 0.264 e. The van der Waals surface area contributed by atoms with Crippen molar-refractivity contribution in [1.82, 2.24) is 5.32 Å². The number of anilines is 1. The number of benzene rings is 2. The lowest BCUT2D eigenvalue weighted by Gasteiger charge is -2.20. The summed E-state index contributed by atoms with van der Waals surface area (Å²) in [5, 5.41) is 2.82. The Morgan fingerprint density at radius 3 is 2.46 bits per heavy atom. The van der Waals surface area contributed by atoms with Crippen molar-refractivity contribution in [1.29, 1.82) is 0 Å². The highest BCUT2D eigenvalue weighted by Crippen LogP contribution is 2.33. The lowest BCUT2D eigenvalue weighted by atomic mass is 10.2. The lowest BCUT2D eigenvalue weighted by Crippen LogP contribution is -2.38. The summed E-state index contributed by atoms with van der Waals surface area (Å²) in [6.07, 6.45) is 0.0474. The molecule has 0 unspecified atom stereocenters. The third kappa shape index (κ3) is 4.30. The Balaban J connectivity index is 1.70. The Morgan fingerprint density at radius 2 is 1.79 bits per heavy atom. The molecule has 0 spiro atoms. The predicted octanol–water partition coefficient (Wildman–Crippen LogP) is 2.98. The first-order valence-corrected chi connectivity index (χ1v) is 10.9. The van der Waals surface area contributed by atoms with E-state index in [1.807, 2.05) is 38.1 Å². The molecule has 0 aromatic heterocycles. The van der Waals surface area contributed by atoms with Crippen molar-refractivity contribution in [3.8, 4) is 5.75 Å². The van der Waals surface area contributed by atoms with Crippen molar-refractivity contribution in [3.63, 3.8) is 0 Å². The summed E-state index contributed by atoms with van der Waals surface area (Å²) in [4.78, 5) is 12.2. The topological polar surface area (TPSA) is 75.7 Å². The summed E-state index contributed by atoms with van der Waals surface area (Å²) in [5.41, 5.74) is 1.77. The van der Waals surface area contributed by atoms with Crippen LogP contribution in [0.25, 0.3) is 0 Å². The Morgan fingerprint density at radius 1 is 1.11 bits per heavy atom. The zero-order chi connectivity index (χ0) is 20.3. The fourth-order valence-corrected chi connectivity index (χ4v) is 4.58. The minimum Gasteiger partial charge on any atom is -0.481 e. The van der Waals surface area contributed by atoms with E-state index < -0.39 is 16.1 Å². The Labute approximate surface area is 166 Å². The minimum atomic E-state index is -3.63. The van der Waals surface area contributed by atoms with Crippen molar-refractivity contribution in [3.05, 3.63) is 54.1 Å². The smallest absolute Gasteiger partial charge is 0.264 e. The number of para-hydroxylation sites is 1. The van der Waals surface area contributed by atoms with Crippen LogP contribution in [-0.4, -0.2) is 33.5 Å². The molecule has 1 atom stereocenters. The predicted molar refractivity (Wildman–Crippen MR) is 109 cm³/mol. The first-order chi connectivity index (χ1) is 13.3. The number of fused-ring (bicyclic) bond motifs is 1. The highest BCUT2D eigenvalue weighted by Gasteiger charge is 2.30. The molecule has 1 aliphatic rings. The molecule has 3 rings (SSSR count). The number of ether oxygens (including phenoxy) is 1. The number of rotatable bonds is 7. The monoisotopic (exact) mass is 402 g/mol. The fraction of sp³-hybridized carbons (Fsp3) is 0.381. The highest BCUT2D eigenvalue weighted by atomic mass is 32.2. The Bertz CT molecular complexity index is 939. The van der Waals surface area contributed by atoms with E-state index in [0.29, 0.717) is 31.2 Å². The fourth-order valence-electron chi connectivity index (χ4n) is 3.08. The summed E-state index contributed by atoms with van der Waals surface area (Å²) in [6.45, 7) is 6.73. The van der Waals surface area contributed by atoms with Crippen LogP contribution < -0.4 is 14.4 Å². The SMILES string of the molecule is CC(C)CNC(=O)[C@@H](C)Oc1ccc(S(=O)(=O)N2CCc3ccccc32)cc1. The summed E-state index contributed by atoms with van der Waals surface area (Å²) >= 11 is 0. The second-order valence-electron chi connectivity index (χ2n) is 7.33. The van der Waals surface area contributed by atoms with Crippen LogP contribution in [0, 0.1) is 5.92 Å². The van der Waals surface area contributed by atoms with Crippen LogP contribution in [-0.2, 0) is 21.2 Å². The van der Waals surface area contributed by atoms with Crippen LogP contribution in [0.3, 0.4) is 0 Å². The van der Waals surface area contributed by atoms with Crippen molar-refractivity contribution >= 4 is 21.6 Å². The average molecular weight is 403 g/mol. The normalized spacial score (nSPS) is 14.6. The second kappa shape index (κ2) is 8.22. The number of nitrogens with zero attached hydrogens (tertiary/aromatic N) is 1. The van der Waals surface area contributed by atoms with E-state index in [1.54, 1.807) is 19.1 Å². The van der Waals surface area contributed by atoms with Gasteiger partial charge in [-0.05, 0) is 55.2 Å². The molecule has 28 heavy (non-hydrogen) atoms. The van der Waals surface area contributed by atoms with Crippen LogP contribution >= 0.6 is 0 Å². The van der Waals surface area contributed by atoms with Gasteiger partial charge in [-0.1, -0.05) is 32.0 Å². The molecule has 150 valence electrons. The maximum absolute atomic E-state index is 13.0. The lowest BCUT2D eigenvalue weighted by molar-refractivity contribution is -0.127. The molecule has 0 saturated carbocycles. The molecule has 1 heterocycles. The van der Waals surface area contributed by atoms with Gasteiger partial charge in [0.05, 0.1) is 10.6 Å². The number of amides is 1. The van der Waals surface area contributed by atoms with Gasteiger partial charge in [0.1, 0.15) is 5.75 Å². The van der Waals surface area contributed by atoms with Crippen LogP contribution in [0.1, 0.15) is 26.3 Å². The molecule has 2 aromatic carbocycles. The number of carbonyl (C=O) groups is 1. The van der Waals surface area contributed by atoms with E-state index in [0.717, 1.165) is 11.3 Å². The largest absolute Gasteiger partial charge is 0.481 e. The van der Waals surface area contributed by atoms with E-state index in [9.17, 15) is 13.2 Å². The van der Waals surface area contributed by atoms with Crippen molar-refractivity contribution in [2.75, 3.05) is 17.4 Å². The molecule has 0 radical (unpaired) electrons. The van der Waals surface area contributed by atoms with Crippen LogP contribution in [0.2, 0.25) is 0 Å². The van der Waals surface area contributed by atoms with Gasteiger partial charge >= 0.3 is 0 Å². The molecule has 1 amide bonds.